The van der Waals surface area contributed by atoms with Crippen molar-refractivity contribution in [3.63, 3.8) is 0 Å². The molecule has 3 rings (SSSR count). The van der Waals surface area contributed by atoms with Gasteiger partial charge >= 0.3 is 5.97 Å². The molecule has 2 aliphatic rings. The number of rotatable bonds is 2. The third-order valence-electron chi connectivity index (χ3n) is 3.50. The molecule has 0 amide bonds. The Morgan fingerprint density at radius 2 is 2.12 bits per heavy atom. The van der Waals surface area contributed by atoms with Gasteiger partial charge in [-0.1, -0.05) is 0 Å². The summed E-state index contributed by atoms with van der Waals surface area (Å²) in [7, 11) is 0. The van der Waals surface area contributed by atoms with E-state index < -0.39 is 5.97 Å². The zero-order valence-corrected chi connectivity index (χ0v) is 9.37. The SMILES string of the molecule is O=C(O)c1ccnc(N2C3CCC2COC3)c1. The fraction of sp³-hybridized carbons (Fsp3) is 0.500. The van der Waals surface area contributed by atoms with Crippen LogP contribution in [0.3, 0.4) is 0 Å². The molecule has 0 spiro atoms. The van der Waals surface area contributed by atoms with Gasteiger partial charge in [-0.05, 0) is 25.0 Å². The standard InChI is InChI=1S/C12H14N2O3/c15-12(16)8-3-4-13-11(5-8)14-9-1-2-10(14)7-17-6-9/h3-5,9-10H,1-2,6-7H2,(H,15,16). The molecule has 1 aromatic heterocycles. The highest BCUT2D eigenvalue weighted by Gasteiger charge is 2.38. The molecule has 2 bridgehead atoms. The number of pyridine rings is 1. The van der Waals surface area contributed by atoms with Crippen LogP contribution in [-0.2, 0) is 4.74 Å². The molecule has 1 aromatic rings. The van der Waals surface area contributed by atoms with Crippen LogP contribution < -0.4 is 4.90 Å². The third kappa shape index (κ3) is 1.76. The number of aromatic nitrogens is 1. The van der Waals surface area contributed by atoms with E-state index in [1.807, 2.05) is 0 Å². The quantitative estimate of drug-likeness (QED) is 0.831. The van der Waals surface area contributed by atoms with Gasteiger partial charge in [0, 0.05) is 6.20 Å². The number of fused-ring (bicyclic) bond motifs is 2. The molecule has 90 valence electrons. The largest absolute Gasteiger partial charge is 0.478 e. The molecule has 3 heterocycles. The van der Waals surface area contributed by atoms with Crippen molar-refractivity contribution in [3.8, 4) is 0 Å². The second kappa shape index (κ2) is 4.00. The van der Waals surface area contributed by atoms with Crippen LogP contribution in [0.15, 0.2) is 18.3 Å². The summed E-state index contributed by atoms with van der Waals surface area (Å²) in [4.78, 5) is 17.5. The van der Waals surface area contributed by atoms with Gasteiger partial charge < -0.3 is 14.7 Å². The molecule has 2 atom stereocenters. The van der Waals surface area contributed by atoms with Crippen LogP contribution in [0.1, 0.15) is 23.2 Å². The monoisotopic (exact) mass is 234 g/mol. The van der Waals surface area contributed by atoms with E-state index in [2.05, 4.69) is 9.88 Å². The molecule has 0 saturated carbocycles. The zero-order valence-electron chi connectivity index (χ0n) is 9.37. The van der Waals surface area contributed by atoms with Crippen molar-refractivity contribution < 1.29 is 14.6 Å². The average molecular weight is 234 g/mol. The lowest BCUT2D eigenvalue weighted by Gasteiger charge is -2.35. The molecule has 1 N–H and O–H groups in total. The number of anilines is 1. The van der Waals surface area contributed by atoms with Gasteiger partial charge in [0.1, 0.15) is 5.82 Å². The Morgan fingerprint density at radius 1 is 1.41 bits per heavy atom. The molecule has 2 fully saturated rings. The predicted molar refractivity (Wildman–Crippen MR) is 61.3 cm³/mol. The number of carboxylic acids is 1. The second-order valence-corrected chi connectivity index (χ2v) is 4.54. The highest BCUT2D eigenvalue weighted by atomic mass is 16.5. The molecule has 2 aliphatic heterocycles. The van der Waals surface area contributed by atoms with Gasteiger partial charge in [0.25, 0.3) is 0 Å². The Hall–Kier alpha value is -1.62. The van der Waals surface area contributed by atoms with Crippen LogP contribution in [0.4, 0.5) is 5.82 Å². The van der Waals surface area contributed by atoms with E-state index in [0.29, 0.717) is 17.6 Å². The van der Waals surface area contributed by atoms with Gasteiger partial charge in [-0.25, -0.2) is 9.78 Å². The lowest BCUT2D eigenvalue weighted by atomic mass is 10.2. The summed E-state index contributed by atoms with van der Waals surface area (Å²) in [5.41, 5.74) is 0.292. The number of hydrogen-bond donors (Lipinski definition) is 1. The smallest absolute Gasteiger partial charge is 0.335 e. The topological polar surface area (TPSA) is 62.7 Å². The van der Waals surface area contributed by atoms with Crippen molar-refractivity contribution in [2.24, 2.45) is 0 Å². The second-order valence-electron chi connectivity index (χ2n) is 4.54. The predicted octanol–water partition coefficient (Wildman–Crippen LogP) is 1.15. The van der Waals surface area contributed by atoms with Crippen LogP contribution in [0.2, 0.25) is 0 Å². The van der Waals surface area contributed by atoms with E-state index in [1.165, 1.54) is 6.07 Å². The maximum atomic E-state index is 10.9. The van der Waals surface area contributed by atoms with Gasteiger partial charge in [-0.2, -0.15) is 0 Å². The molecule has 2 saturated heterocycles. The van der Waals surface area contributed by atoms with Crippen molar-refractivity contribution in [2.75, 3.05) is 18.1 Å². The first-order valence-corrected chi connectivity index (χ1v) is 5.81. The fourth-order valence-corrected chi connectivity index (χ4v) is 2.70. The molecule has 2 unspecified atom stereocenters. The van der Waals surface area contributed by atoms with E-state index in [0.717, 1.165) is 31.9 Å². The summed E-state index contributed by atoms with van der Waals surface area (Å²) in [6, 6.07) is 3.88. The van der Waals surface area contributed by atoms with E-state index in [1.54, 1.807) is 12.3 Å². The Labute approximate surface area is 99.0 Å². The van der Waals surface area contributed by atoms with Crippen LogP contribution in [0.5, 0.6) is 0 Å². The molecule has 17 heavy (non-hydrogen) atoms. The minimum absolute atomic E-state index is 0.292. The number of ether oxygens (including phenoxy) is 1. The number of aromatic carboxylic acids is 1. The maximum absolute atomic E-state index is 10.9. The molecular formula is C12H14N2O3. The van der Waals surface area contributed by atoms with Crippen LogP contribution in [0, 0.1) is 0 Å². The van der Waals surface area contributed by atoms with E-state index in [9.17, 15) is 4.79 Å². The third-order valence-corrected chi connectivity index (χ3v) is 3.50. The Morgan fingerprint density at radius 3 is 2.76 bits per heavy atom. The minimum Gasteiger partial charge on any atom is -0.478 e. The van der Waals surface area contributed by atoms with Crippen molar-refractivity contribution in [3.05, 3.63) is 23.9 Å². The average Bonchev–Trinajstić information content (AvgIpc) is 2.59. The normalized spacial score (nSPS) is 27.2. The molecule has 0 radical (unpaired) electrons. The summed E-state index contributed by atoms with van der Waals surface area (Å²) >= 11 is 0. The van der Waals surface area contributed by atoms with E-state index in [4.69, 9.17) is 9.84 Å². The van der Waals surface area contributed by atoms with E-state index in [-0.39, 0.29) is 0 Å². The Balaban J connectivity index is 1.93. The van der Waals surface area contributed by atoms with Crippen molar-refractivity contribution in [1.82, 2.24) is 4.98 Å². The van der Waals surface area contributed by atoms with Gasteiger partial charge in [0.2, 0.25) is 0 Å². The Bertz CT molecular complexity index is 433. The summed E-state index contributed by atoms with van der Waals surface area (Å²) in [6.45, 7) is 1.44. The highest BCUT2D eigenvalue weighted by Crippen LogP contribution is 2.32. The van der Waals surface area contributed by atoms with Gasteiger partial charge in [0.15, 0.2) is 0 Å². The summed E-state index contributed by atoms with van der Waals surface area (Å²) in [5.74, 6) is -0.144. The number of carbonyl (C=O) groups is 1. The van der Waals surface area contributed by atoms with Crippen molar-refractivity contribution >= 4 is 11.8 Å². The van der Waals surface area contributed by atoms with Gasteiger partial charge in [-0.15, -0.1) is 0 Å². The number of hydrogen-bond acceptors (Lipinski definition) is 4. The molecule has 5 nitrogen and oxygen atoms in total. The molecule has 0 aromatic carbocycles. The number of carboxylic acid groups (broad SMARTS) is 1. The van der Waals surface area contributed by atoms with Crippen molar-refractivity contribution in [2.45, 2.75) is 24.9 Å². The van der Waals surface area contributed by atoms with E-state index >= 15 is 0 Å². The summed E-state index contributed by atoms with van der Waals surface area (Å²) < 4.78 is 5.50. The van der Waals surface area contributed by atoms with Crippen LogP contribution in [-0.4, -0.2) is 41.4 Å². The molecule has 0 aliphatic carbocycles. The fourth-order valence-electron chi connectivity index (χ4n) is 2.70. The molecule has 5 heteroatoms. The Kier molecular flexibility index (Phi) is 2.48. The van der Waals surface area contributed by atoms with Gasteiger partial charge in [0.05, 0.1) is 30.9 Å². The first-order chi connectivity index (χ1) is 8.25. The number of nitrogens with zero attached hydrogens (tertiary/aromatic N) is 2. The van der Waals surface area contributed by atoms with Crippen LogP contribution in [0.25, 0.3) is 0 Å². The summed E-state index contributed by atoms with van der Waals surface area (Å²) in [5, 5.41) is 8.98. The van der Waals surface area contributed by atoms with Gasteiger partial charge in [-0.3, -0.25) is 0 Å². The molecular weight excluding hydrogens is 220 g/mol. The highest BCUT2D eigenvalue weighted by molar-refractivity contribution is 5.88. The summed E-state index contributed by atoms with van der Waals surface area (Å²) in [6.07, 6.45) is 3.76. The lowest BCUT2D eigenvalue weighted by molar-refractivity contribution is 0.0696. The zero-order chi connectivity index (χ0) is 11.8. The first kappa shape index (κ1) is 10.5. The number of morpholine rings is 1. The van der Waals surface area contributed by atoms with Crippen molar-refractivity contribution in [1.29, 1.82) is 0 Å². The lowest BCUT2D eigenvalue weighted by Crippen LogP contribution is -2.46. The first-order valence-electron chi connectivity index (χ1n) is 5.81. The minimum atomic E-state index is -0.908. The maximum Gasteiger partial charge on any atom is 0.335 e. The van der Waals surface area contributed by atoms with Crippen LogP contribution >= 0.6 is 0 Å².